The normalized spacial score (nSPS) is 12.8. The first-order chi connectivity index (χ1) is 9.56. The van der Waals surface area contributed by atoms with E-state index < -0.39 is 0 Å². The van der Waals surface area contributed by atoms with Crippen LogP contribution in [0.3, 0.4) is 0 Å². The summed E-state index contributed by atoms with van der Waals surface area (Å²) in [5, 5.41) is 7.99. The molecule has 5 heteroatoms. The van der Waals surface area contributed by atoms with Gasteiger partial charge in [0.2, 0.25) is 0 Å². The Morgan fingerprint density at radius 1 is 1.30 bits per heavy atom. The van der Waals surface area contributed by atoms with Crippen LogP contribution in [0.4, 0.5) is 5.82 Å². The third kappa shape index (κ3) is 2.93. The molecule has 2 aromatic rings. The third-order valence-corrected chi connectivity index (χ3v) is 3.55. The van der Waals surface area contributed by atoms with Crippen molar-refractivity contribution in [1.29, 1.82) is 0 Å². The molecule has 0 radical (unpaired) electrons. The quantitative estimate of drug-likeness (QED) is 0.881. The molecule has 0 fully saturated rings. The second-order valence-corrected chi connectivity index (χ2v) is 5.10. The fourth-order valence-electron chi connectivity index (χ4n) is 2.25. The van der Waals surface area contributed by atoms with Crippen LogP contribution in [-0.2, 0) is 4.74 Å². The lowest BCUT2D eigenvalue weighted by Crippen LogP contribution is -2.23. The number of nitrogens with zero attached hydrogens (tertiary/aromatic N) is 3. The zero-order chi connectivity index (χ0) is 14.7. The second-order valence-electron chi connectivity index (χ2n) is 5.10. The van der Waals surface area contributed by atoms with Gasteiger partial charge in [-0.2, -0.15) is 9.61 Å². The van der Waals surface area contributed by atoms with Crippen molar-refractivity contribution in [3.63, 3.8) is 0 Å². The van der Waals surface area contributed by atoms with Crippen LogP contribution >= 0.6 is 0 Å². The van der Waals surface area contributed by atoms with E-state index in [2.05, 4.69) is 29.2 Å². The molecular weight excluding hydrogens is 252 g/mol. The van der Waals surface area contributed by atoms with E-state index in [4.69, 9.17) is 4.74 Å². The number of anilines is 1. The van der Waals surface area contributed by atoms with Crippen LogP contribution in [0, 0.1) is 20.8 Å². The minimum absolute atomic E-state index is 0.223. The molecule has 0 bridgehead atoms. The zero-order valence-corrected chi connectivity index (χ0v) is 13.0. The van der Waals surface area contributed by atoms with Gasteiger partial charge in [-0.15, -0.1) is 0 Å². The predicted octanol–water partition coefficient (Wildman–Crippen LogP) is 2.88. The Morgan fingerprint density at radius 3 is 2.70 bits per heavy atom. The van der Waals surface area contributed by atoms with Crippen molar-refractivity contribution in [2.75, 3.05) is 18.5 Å². The van der Waals surface area contributed by atoms with Crippen LogP contribution in [0.2, 0.25) is 0 Å². The topological polar surface area (TPSA) is 51.5 Å². The molecular formula is C15H24N4O. The summed E-state index contributed by atoms with van der Waals surface area (Å²) in [6.07, 6.45) is 1.21. The summed E-state index contributed by atoms with van der Waals surface area (Å²) in [6, 6.07) is 2.03. The van der Waals surface area contributed by atoms with Crippen LogP contribution in [0.15, 0.2) is 6.07 Å². The van der Waals surface area contributed by atoms with Crippen LogP contribution in [0.5, 0.6) is 0 Å². The van der Waals surface area contributed by atoms with Gasteiger partial charge in [0.1, 0.15) is 5.82 Å². The lowest BCUT2D eigenvalue weighted by atomic mass is 10.2. The average Bonchev–Trinajstić information content (AvgIpc) is 2.71. The number of nitrogens with one attached hydrogen (secondary N) is 1. The van der Waals surface area contributed by atoms with E-state index in [1.807, 2.05) is 31.4 Å². The molecule has 0 saturated carbocycles. The number of hydrogen-bond donors (Lipinski definition) is 1. The van der Waals surface area contributed by atoms with Crippen molar-refractivity contribution < 1.29 is 4.74 Å². The Morgan fingerprint density at radius 2 is 2.05 bits per heavy atom. The Hall–Kier alpha value is -1.62. The number of hydrogen-bond acceptors (Lipinski definition) is 4. The second kappa shape index (κ2) is 6.22. The van der Waals surface area contributed by atoms with Crippen LogP contribution in [0.1, 0.15) is 37.2 Å². The first-order valence-electron chi connectivity index (χ1n) is 7.25. The highest BCUT2D eigenvalue weighted by Gasteiger charge is 2.12. The van der Waals surface area contributed by atoms with Gasteiger partial charge in [-0.05, 0) is 34.1 Å². The van der Waals surface area contributed by atoms with Crippen LogP contribution in [0.25, 0.3) is 5.65 Å². The first kappa shape index (κ1) is 14.8. The monoisotopic (exact) mass is 276 g/mol. The summed E-state index contributed by atoms with van der Waals surface area (Å²) >= 11 is 0. The van der Waals surface area contributed by atoms with Gasteiger partial charge in [0.05, 0.1) is 11.8 Å². The molecule has 2 heterocycles. The summed E-state index contributed by atoms with van der Waals surface area (Å²) in [5.41, 5.74) is 4.07. The maximum Gasteiger partial charge on any atom is 0.160 e. The Labute approximate surface area is 120 Å². The molecule has 1 atom stereocenters. The van der Waals surface area contributed by atoms with E-state index in [-0.39, 0.29) is 6.10 Å². The molecule has 5 nitrogen and oxygen atoms in total. The van der Waals surface area contributed by atoms with Gasteiger partial charge in [0.25, 0.3) is 0 Å². The highest BCUT2D eigenvalue weighted by Crippen LogP contribution is 2.18. The van der Waals surface area contributed by atoms with Gasteiger partial charge in [-0.25, -0.2) is 4.98 Å². The summed E-state index contributed by atoms with van der Waals surface area (Å²) in [5.74, 6) is 0.974. The van der Waals surface area contributed by atoms with E-state index in [0.717, 1.165) is 48.0 Å². The molecule has 1 N–H and O–H groups in total. The average molecular weight is 276 g/mol. The summed E-state index contributed by atoms with van der Waals surface area (Å²) < 4.78 is 7.56. The van der Waals surface area contributed by atoms with Crippen molar-refractivity contribution in [2.45, 2.75) is 47.1 Å². The van der Waals surface area contributed by atoms with Gasteiger partial charge in [-0.3, -0.25) is 0 Å². The lowest BCUT2D eigenvalue weighted by Gasteiger charge is -2.17. The predicted molar refractivity (Wildman–Crippen MR) is 81.4 cm³/mol. The molecule has 0 saturated heterocycles. The SMILES string of the molecule is CCOC(CC)CNc1cc(C)nc2c(C)c(C)nn12. The van der Waals surface area contributed by atoms with Crippen LogP contribution in [-0.4, -0.2) is 33.9 Å². The highest BCUT2D eigenvalue weighted by atomic mass is 16.5. The van der Waals surface area contributed by atoms with Gasteiger partial charge >= 0.3 is 0 Å². The van der Waals surface area contributed by atoms with Crippen molar-refractivity contribution in [2.24, 2.45) is 0 Å². The molecule has 1 unspecified atom stereocenters. The van der Waals surface area contributed by atoms with Crippen molar-refractivity contribution >= 4 is 11.5 Å². The Bertz CT molecular complexity index is 591. The molecule has 0 amide bonds. The molecule has 0 spiro atoms. The summed E-state index contributed by atoms with van der Waals surface area (Å²) in [6.45, 7) is 11.8. The van der Waals surface area contributed by atoms with Gasteiger partial charge in [0.15, 0.2) is 5.65 Å². The maximum absolute atomic E-state index is 5.68. The lowest BCUT2D eigenvalue weighted by molar-refractivity contribution is 0.0694. The molecule has 20 heavy (non-hydrogen) atoms. The number of rotatable bonds is 6. The van der Waals surface area contributed by atoms with Crippen molar-refractivity contribution in [1.82, 2.24) is 14.6 Å². The molecule has 2 rings (SSSR count). The fraction of sp³-hybridized carbons (Fsp3) is 0.600. The van der Waals surface area contributed by atoms with Gasteiger partial charge in [0, 0.05) is 30.5 Å². The number of aromatic nitrogens is 3. The molecule has 0 aliphatic carbocycles. The minimum Gasteiger partial charge on any atom is -0.377 e. The molecule has 0 aromatic carbocycles. The number of aryl methyl sites for hydroxylation is 3. The summed E-state index contributed by atoms with van der Waals surface area (Å²) in [7, 11) is 0. The van der Waals surface area contributed by atoms with Gasteiger partial charge < -0.3 is 10.1 Å². The van der Waals surface area contributed by atoms with Crippen molar-refractivity contribution in [3.8, 4) is 0 Å². The largest absolute Gasteiger partial charge is 0.377 e. The van der Waals surface area contributed by atoms with E-state index in [1.54, 1.807) is 0 Å². The molecule has 0 aliphatic rings. The van der Waals surface area contributed by atoms with Crippen LogP contribution < -0.4 is 5.32 Å². The number of ether oxygens (including phenoxy) is 1. The van der Waals surface area contributed by atoms with Crippen molar-refractivity contribution in [3.05, 3.63) is 23.0 Å². The van der Waals surface area contributed by atoms with E-state index >= 15 is 0 Å². The van der Waals surface area contributed by atoms with E-state index in [0.29, 0.717) is 0 Å². The third-order valence-electron chi connectivity index (χ3n) is 3.55. The smallest absolute Gasteiger partial charge is 0.160 e. The highest BCUT2D eigenvalue weighted by molar-refractivity contribution is 5.55. The van der Waals surface area contributed by atoms with E-state index in [1.165, 1.54) is 0 Å². The molecule has 110 valence electrons. The fourth-order valence-corrected chi connectivity index (χ4v) is 2.25. The first-order valence-corrected chi connectivity index (χ1v) is 7.25. The summed E-state index contributed by atoms with van der Waals surface area (Å²) in [4.78, 5) is 4.57. The van der Waals surface area contributed by atoms with E-state index in [9.17, 15) is 0 Å². The Balaban J connectivity index is 2.27. The standard InChI is InChI=1S/C15H24N4O/c1-6-13(20-7-2)9-16-14-8-10(3)17-15-11(4)12(5)18-19(14)15/h8,13,16H,6-7,9H2,1-5H3. The number of fused-ring (bicyclic) bond motifs is 1. The van der Waals surface area contributed by atoms with Gasteiger partial charge in [-0.1, -0.05) is 6.92 Å². The molecule has 0 aliphatic heterocycles. The molecule has 2 aromatic heterocycles. The minimum atomic E-state index is 0.223. The maximum atomic E-state index is 5.68. The zero-order valence-electron chi connectivity index (χ0n) is 13.0. The Kier molecular flexibility index (Phi) is 4.60.